The van der Waals surface area contributed by atoms with Crippen molar-refractivity contribution in [3.05, 3.63) is 46.4 Å². The van der Waals surface area contributed by atoms with Crippen molar-refractivity contribution in [1.82, 2.24) is 9.97 Å². The Morgan fingerprint density at radius 1 is 1.39 bits per heavy atom. The van der Waals surface area contributed by atoms with Crippen LogP contribution >= 0.6 is 0 Å². The van der Waals surface area contributed by atoms with Gasteiger partial charge in [0.15, 0.2) is 0 Å². The molecule has 0 atom stereocenters. The number of halogens is 1. The van der Waals surface area contributed by atoms with Crippen molar-refractivity contribution < 1.29 is 9.31 Å². The number of benzene rings is 1. The van der Waals surface area contributed by atoms with Crippen LogP contribution in [0.2, 0.25) is 0 Å². The highest BCUT2D eigenvalue weighted by atomic mass is 19.1. The van der Waals surface area contributed by atoms with Crippen molar-refractivity contribution in [2.75, 3.05) is 11.1 Å². The Morgan fingerprint density at radius 2 is 2.11 bits per heavy atom. The predicted octanol–water partition coefficient (Wildman–Crippen LogP) is 1.85. The summed E-state index contributed by atoms with van der Waals surface area (Å²) in [5.41, 5.74) is 5.03. The second-order valence-electron chi connectivity index (χ2n) is 3.32. The molecule has 0 aliphatic rings. The minimum Gasteiger partial charge on any atom is -0.368 e. The standard InChI is InChI=1S/C10H8FN5O2/c11-6-3-1-2-4-7(6)14-9-8(16(17)18)5-13-10(12)15-9/h1-5H,(H3,12,13,14,15). The molecule has 0 saturated heterocycles. The SMILES string of the molecule is Nc1ncc([N+](=O)[O-])c(Nc2ccccc2F)n1. The third-order valence-electron chi connectivity index (χ3n) is 2.11. The van der Waals surface area contributed by atoms with E-state index in [0.29, 0.717) is 0 Å². The van der Waals surface area contributed by atoms with Crippen molar-refractivity contribution in [1.29, 1.82) is 0 Å². The normalized spacial score (nSPS) is 10.1. The second-order valence-corrected chi connectivity index (χ2v) is 3.32. The highest BCUT2D eigenvalue weighted by Gasteiger charge is 2.17. The molecule has 0 spiro atoms. The fourth-order valence-electron chi connectivity index (χ4n) is 1.30. The minimum absolute atomic E-state index is 0.0682. The average Bonchev–Trinajstić information content (AvgIpc) is 2.32. The van der Waals surface area contributed by atoms with E-state index in [0.717, 1.165) is 6.20 Å². The van der Waals surface area contributed by atoms with Crippen LogP contribution in [-0.4, -0.2) is 14.9 Å². The van der Waals surface area contributed by atoms with E-state index in [2.05, 4.69) is 15.3 Å². The molecule has 18 heavy (non-hydrogen) atoms. The van der Waals surface area contributed by atoms with E-state index in [1.54, 1.807) is 6.07 Å². The van der Waals surface area contributed by atoms with E-state index in [9.17, 15) is 14.5 Å². The number of anilines is 3. The van der Waals surface area contributed by atoms with Crippen LogP contribution in [0.4, 0.5) is 27.5 Å². The summed E-state index contributed by atoms with van der Waals surface area (Å²) in [7, 11) is 0. The average molecular weight is 249 g/mol. The molecular weight excluding hydrogens is 241 g/mol. The Morgan fingerprint density at radius 3 is 2.78 bits per heavy atom. The summed E-state index contributed by atoms with van der Waals surface area (Å²) in [6.45, 7) is 0. The van der Waals surface area contributed by atoms with Gasteiger partial charge in [0.2, 0.25) is 11.8 Å². The summed E-state index contributed by atoms with van der Waals surface area (Å²) in [6, 6.07) is 5.74. The summed E-state index contributed by atoms with van der Waals surface area (Å²) < 4.78 is 13.4. The van der Waals surface area contributed by atoms with Crippen LogP contribution in [0.1, 0.15) is 0 Å². The van der Waals surface area contributed by atoms with Gasteiger partial charge in [-0.15, -0.1) is 0 Å². The molecule has 92 valence electrons. The molecule has 0 radical (unpaired) electrons. The van der Waals surface area contributed by atoms with Gasteiger partial charge in [-0.3, -0.25) is 10.1 Å². The Labute approximate surface area is 101 Å². The van der Waals surface area contributed by atoms with Gasteiger partial charge < -0.3 is 11.1 Å². The summed E-state index contributed by atoms with van der Waals surface area (Å²) in [5.74, 6) is -0.846. The van der Waals surface area contributed by atoms with Crippen molar-refractivity contribution in [3.8, 4) is 0 Å². The zero-order valence-electron chi connectivity index (χ0n) is 9.00. The molecule has 1 aromatic carbocycles. The first-order chi connectivity index (χ1) is 8.58. The lowest BCUT2D eigenvalue weighted by Crippen LogP contribution is -2.04. The first-order valence-corrected chi connectivity index (χ1v) is 4.86. The topological polar surface area (TPSA) is 107 Å². The monoisotopic (exact) mass is 249 g/mol. The zero-order chi connectivity index (χ0) is 13.1. The predicted molar refractivity (Wildman–Crippen MR) is 62.8 cm³/mol. The number of rotatable bonds is 3. The van der Waals surface area contributed by atoms with Crippen molar-refractivity contribution >= 4 is 23.1 Å². The molecule has 0 bridgehead atoms. The van der Waals surface area contributed by atoms with E-state index < -0.39 is 10.7 Å². The number of hydrogen-bond acceptors (Lipinski definition) is 6. The molecule has 3 N–H and O–H groups in total. The molecule has 0 amide bonds. The maximum Gasteiger partial charge on any atom is 0.329 e. The number of aromatic nitrogens is 2. The highest BCUT2D eigenvalue weighted by molar-refractivity contribution is 5.65. The number of hydrogen-bond donors (Lipinski definition) is 2. The van der Waals surface area contributed by atoms with Gasteiger partial charge in [-0.1, -0.05) is 12.1 Å². The van der Waals surface area contributed by atoms with Crippen LogP contribution in [0.25, 0.3) is 0 Å². The fourth-order valence-corrected chi connectivity index (χ4v) is 1.30. The number of nitrogens with one attached hydrogen (secondary N) is 1. The lowest BCUT2D eigenvalue weighted by molar-refractivity contribution is -0.384. The van der Waals surface area contributed by atoms with E-state index in [1.165, 1.54) is 18.2 Å². The van der Waals surface area contributed by atoms with Gasteiger partial charge in [-0.05, 0) is 12.1 Å². The summed E-state index contributed by atoms with van der Waals surface area (Å²) in [5, 5.41) is 13.3. The number of nitrogens with zero attached hydrogens (tertiary/aromatic N) is 3. The van der Waals surface area contributed by atoms with Crippen molar-refractivity contribution in [3.63, 3.8) is 0 Å². The summed E-state index contributed by atoms with van der Waals surface area (Å²) in [6.07, 6.45) is 0.964. The Balaban J connectivity index is 2.42. The van der Waals surface area contributed by atoms with Crippen LogP contribution in [0.15, 0.2) is 30.5 Å². The number of nitrogens with two attached hydrogens (primary N) is 1. The molecule has 0 aliphatic carbocycles. The summed E-state index contributed by atoms with van der Waals surface area (Å²) >= 11 is 0. The van der Waals surface area contributed by atoms with Gasteiger partial charge in [-0.2, -0.15) is 4.98 Å². The number of para-hydroxylation sites is 1. The molecule has 7 nitrogen and oxygen atoms in total. The molecular formula is C10H8FN5O2. The Kier molecular flexibility index (Phi) is 3.00. The largest absolute Gasteiger partial charge is 0.368 e. The number of nitrogen functional groups attached to an aromatic ring is 1. The molecule has 8 heteroatoms. The first kappa shape index (κ1) is 11.7. The lowest BCUT2D eigenvalue weighted by atomic mass is 10.3. The van der Waals surface area contributed by atoms with Gasteiger partial charge in [0, 0.05) is 0 Å². The van der Waals surface area contributed by atoms with Gasteiger partial charge in [-0.25, -0.2) is 9.37 Å². The lowest BCUT2D eigenvalue weighted by Gasteiger charge is -2.06. The van der Waals surface area contributed by atoms with Crippen LogP contribution in [0.5, 0.6) is 0 Å². The second kappa shape index (κ2) is 4.62. The number of nitro groups is 1. The Bertz CT molecular complexity index is 605. The minimum atomic E-state index is -0.678. The zero-order valence-corrected chi connectivity index (χ0v) is 9.00. The van der Waals surface area contributed by atoms with Gasteiger partial charge in [0.05, 0.1) is 10.6 Å². The molecule has 2 aromatic rings. The maximum absolute atomic E-state index is 13.4. The van der Waals surface area contributed by atoms with Crippen LogP contribution in [-0.2, 0) is 0 Å². The first-order valence-electron chi connectivity index (χ1n) is 4.86. The fraction of sp³-hybridized carbons (Fsp3) is 0. The molecule has 0 saturated carbocycles. The summed E-state index contributed by atoms with van der Waals surface area (Å²) in [4.78, 5) is 17.3. The molecule has 2 rings (SSSR count). The van der Waals surface area contributed by atoms with Crippen LogP contribution in [0.3, 0.4) is 0 Å². The molecule has 0 unspecified atom stereocenters. The maximum atomic E-state index is 13.4. The Hall–Kier alpha value is -2.77. The molecule has 1 aromatic heterocycles. The van der Waals surface area contributed by atoms with Crippen molar-refractivity contribution in [2.45, 2.75) is 0 Å². The van der Waals surface area contributed by atoms with E-state index >= 15 is 0 Å². The third-order valence-corrected chi connectivity index (χ3v) is 2.11. The van der Waals surface area contributed by atoms with Crippen LogP contribution < -0.4 is 11.1 Å². The van der Waals surface area contributed by atoms with Crippen LogP contribution in [0, 0.1) is 15.9 Å². The highest BCUT2D eigenvalue weighted by Crippen LogP contribution is 2.26. The van der Waals surface area contributed by atoms with Gasteiger partial charge >= 0.3 is 5.69 Å². The van der Waals surface area contributed by atoms with E-state index in [1.807, 2.05) is 0 Å². The third kappa shape index (κ3) is 2.32. The van der Waals surface area contributed by atoms with Crippen molar-refractivity contribution in [2.24, 2.45) is 0 Å². The molecule has 0 fully saturated rings. The molecule has 0 aliphatic heterocycles. The van der Waals surface area contributed by atoms with Gasteiger partial charge in [0.25, 0.3) is 0 Å². The van der Waals surface area contributed by atoms with E-state index in [-0.39, 0.29) is 23.1 Å². The smallest absolute Gasteiger partial charge is 0.329 e. The molecule has 1 heterocycles. The quantitative estimate of drug-likeness (QED) is 0.635. The van der Waals surface area contributed by atoms with E-state index in [4.69, 9.17) is 5.73 Å². The van der Waals surface area contributed by atoms with Gasteiger partial charge in [0.1, 0.15) is 12.0 Å².